The molecule has 0 bridgehead atoms. The standard InChI is InChI=1S/C14H26/c1-12(13-8-4-2-5-9-13)14-10-6-3-7-11-14/h12-14H,2-11H2,1H3. The van der Waals surface area contributed by atoms with Gasteiger partial charge >= 0.3 is 0 Å². The fraction of sp³-hybridized carbons (Fsp3) is 1.00. The van der Waals surface area contributed by atoms with E-state index in [0.29, 0.717) is 0 Å². The Bertz CT molecular complexity index is 131. The molecule has 0 amide bonds. The Morgan fingerprint density at radius 1 is 0.643 bits per heavy atom. The van der Waals surface area contributed by atoms with E-state index in [1.807, 2.05) is 0 Å². The predicted octanol–water partition coefficient (Wildman–Crippen LogP) is 4.78. The molecule has 0 spiro atoms. The van der Waals surface area contributed by atoms with E-state index in [4.69, 9.17) is 0 Å². The molecule has 0 unspecified atom stereocenters. The number of rotatable bonds is 2. The second-order valence-electron chi connectivity index (χ2n) is 5.66. The molecule has 0 aliphatic heterocycles. The maximum Gasteiger partial charge on any atom is -0.0386 e. The molecular weight excluding hydrogens is 168 g/mol. The molecule has 0 radical (unpaired) electrons. The van der Waals surface area contributed by atoms with Crippen LogP contribution in [0.5, 0.6) is 0 Å². The Hall–Kier alpha value is 0. The van der Waals surface area contributed by atoms with Crippen LogP contribution in [-0.4, -0.2) is 0 Å². The summed E-state index contributed by atoms with van der Waals surface area (Å²) in [6, 6.07) is 0. The minimum atomic E-state index is 1.04. The van der Waals surface area contributed by atoms with Gasteiger partial charge in [-0.15, -0.1) is 0 Å². The van der Waals surface area contributed by atoms with E-state index >= 15 is 0 Å². The van der Waals surface area contributed by atoms with Gasteiger partial charge in [-0.05, 0) is 17.8 Å². The van der Waals surface area contributed by atoms with Crippen LogP contribution in [-0.2, 0) is 0 Å². The Morgan fingerprint density at radius 3 is 1.36 bits per heavy atom. The molecule has 14 heavy (non-hydrogen) atoms. The molecule has 0 nitrogen and oxygen atoms in total. The van der Waals surface area contributed by atoms with Crippen LogP contribution in [0.4, 0.5) is 0 Å². The maximum atomic E-state index is 2.55. The highest BCUT2D eigenvalue weighted by molar-refractivity contribution is 4.78. The second-order valence-corrected chi connectivity index (χ2v) is 5.66. The van der Waals surface area contributed by atoms with Gasteiger partial charge in [0.05, 0.1) is 0 Å². The zero-order valence-corrected chi connectivity index (χ0v) is 9.80. The van der Waals surface area contributed by atoms with Gasteiger partial charge in [-0.1, -0.05) is 71.1 Å². The molecule has 2 aliphatic rings. The first kappa shape index (κ1) is 10.5. The van der Waals surface area contributed by atoms with E-state index < -0.39 is 0 Å². The minimum absolute atomic E-state index is 1.04. The molecule has 0 N–H and O–H groups in total. The van der Waals surface area contributed by atoms with Crippen molar-refractivity contribution in [2.45, 2.75) is 71.1 Å². The van der Waals surface area contributed by atoms with Gasteiger partial charge in [-0.3, -0.25) is 0 Å². The Balaban J connectivity index is 1.82. The molecule has 2 aliphatic carbocycles. The average Bonchev–Trinajstić information content (AvgIpc) is 2.30. The fourth-order valence-corrected chi connectivity index (χ4v) is 3.70. The molecular formula is C14H26. The van der Waals surface area contributed by atoms with Gasteiger partial charge in [-0.2, -0.15) is 0 Å². The lowest BCUT2D eigenvalue weighted by molar-refractivity contribution is 0.159. The van der Waals surface area contributed by atoms with Crippen LogP contribution in [0.15, 0.2) is 0 Å². The smallest absolute Gasteiger partial charge is 0.0386 e. The Labute approximate surface area is 89.5 Å². The highest BCUT2D eigenvalue weighted by Gasteiger charge is 2.27. The van der Waals surface area contributed by atoms with E-state index in [-0.39, 0.29) is 0 Å². The first-order valence-corrected chi connectivity index (χ1v) is 6.88. The topological polar surface area (TPSA) is 0 Å². The summed E-state index contributed by atoms with van der Waals surface area (Å²) < 4.78 is 0. The zero-order valence-electron chi connectivity index (χ0n) is 9.80. The van der Waals surface area contributed by atoms with Gasteiger partial charge in [-0.25, -0.2) is 0 Å². The van der Waals surface area contributed by atoms with Crippen LogP contribution in [0.2, 0.25) is 0 Å². The Kier molecular flexibility index (Phi) is 3.89. The first-order valence-electron chi connectivity index (χ1n) is 6.88. The van der Waals surface area contributed by atoms with Crippen molar-refractivity contribution in [3.63, 3.8) is 0 Å². The molecule has 0 aromatic heterocycles. The van der Waals surface area contributed by atoms with Crippen LogP contribution in [0.1, 0.15) is 71.1 Å². The lowest BCUT2D eigenvalue weighted by Gasteiger charge is -2.35. The summed E-state index contributed by atoms with van der Waals surface area (Å²) in [5, 5.41) is 0. The molecule has 2 fully saturated rings. The molecule has 82 valence electrons. The van der Waals surface area contributed by atoms with Crippen molar-refractivity contribution in [2.24, 2.45) is 17.8 Å². The van der Waals surface area contributed by atoms with Gasteiger partial charge in [0.1, 0.15) is 0 Å². The van der Waals surface area contributed by atoms with Crippen molar-refractivity contribution in [1.29, 1.82) is 0 Å². The third-order valence-electron chi connectivity index (χ3n) is 4.79. The van der Waals surface area contributed by atoms with E-state index in [2.05, 4.69) is 6.92 Å². The Morgan fingerprint density at radius 2 is 1.00 bits per heavy atom. The zero-order chi connectivity index (χ0) is 9.80. The van der Waals surface area contributed by atoms with Crippen LogP contribution in [0.25, 0.3) is 0 Å². The van der Waals surface area contributed by atoms with Crippen LogP contribution < -0.4 is 0 Å². The van der Waals surface area contributed by atoms with Gasteiger partial charge < -0.3 is 0 Å². The molecule has 0 saturated heterocycles. The second kappa shape index (κ2) is 5.19. The van der Waals surface area contributed by atoms with Gasteiger partial charge in [0.15, 0.2) is 0 Å². The van der Waals surface area contributed by atoms with E-state index in [9.17, 15) is 0 Å². The summed E-state index contributed by atoms with van der Waals surface area (Å²) in [7, 11) is 0. The van der Waals surface area contributed by atoms with Crippen molar-refractivity contribution in [3.05, 3.63) is 0 Å². The van der Waals surface area contributed by atoms with Gasteiger partial charge in [0.2, 0.25) is 0 Å². The summed E-state index contributed by atoms with van der Waals surface area (Å²) in [6.45, 7) is 2.55. The van der Waals surface area contributed by atoms with Crippen molar-refractivity contribution < 1.29 is 0 Å². The van der Waals surface area contributed by atoms with Gasteiger partial charge in [0.25, 0.3) is 0 Å². The van der Waals surface area contributed by atoms with Crippen LogP contribution >= 0.6 is 0 Å². The molecule has 0 aromatic carbocycles. The van der Waals surface area contributed by atoms with E-state index in [0.717, 1.165) is 17.8 Å². The average molecular weight is 194 g/mol. The molecule has 2 rings (SSSR count). The summed E-state index contributed by atoms with van der Waals surface area (Å²) in [6.07, 6.45) is 15.2. The minimum Gasteiger partial charge on any atom is -0.0620 e. The highest BCUT2D eigenvalue weighted by Crippen LogP contribution is 2.39. The number of hydrogen-bond acceptors (Lipinski definition) is 0. The third-order valence-corrected chi connectivity index (χ3v) is 4.79. The highest BCUT2D eigenvalue weighted by atomic mass is 14.3. The third kappa shape index (κ3) is 2.52. The normalized spacial score (nSPS) is 27.0. The quantitative estimate of drug-likeness (QED) is 0.593. The molecule has 0 aromatic rings. The lowest BCUT2D eigenvalue weighted by atomic mass is 9.71. The van der Waals surface area contributed by atoms with Crippen LogP contribution in [0.3, 0.4) is 0 Å². The molecule has 0 heterocycles. The summed E-state index contributed by atoms with van der Waals surface area (Å²) in [5.41, 5.74) is 0. The molecule has 2 saturated carbocycles. The van der Waals surface area contributed by atoms with Crippen molar-refractivity contribution in [3.8, 4) is 0 Å². The van der Waals surface area contributed by atoms with Crippen molar-refractivity contribution >= 4 is 0 Å². The van der Waals surface area contributed by atoms with Crippen molar-refractivity contribution in [1.82, 2.24) is 0 Å². The first-order chi connectivity index (χ1) is 6.88. The number of hydrogen-bond donors (Lipinski definition) is 0. The van der Waals surface area contributed by atoms with Crippen molar-refractivity contribution in [2.75, 3.05) is 0 Å². The predicted molar refractivity (Wildman–Crippen MR) is 62.3 cm³/mol. The molecule has 0 atom stereocenters. The summed E-state index contributed by atoms with van der Waals surface area (Å²) in [5.74, 6) is 3.22. The van der Waals surface area contributed by atoms with Gasteiger partial charge in [0, 0.05) is 0 Å². The molecule has 0 heteroatoms. The summed E-state index contributed by atoms with van der Waals surface area (Å²) >= 11 is 0. The lowest BCUT2D eigenvalue weighted by Crippen LogP contribution is -2.24. The fourth-order valence-electron chi connectivity index (χ4n) is 3.70. The van der Waals surface area contributed by atoms with E-state index in [1.165, 1.54) is 64.2 Å². The SMILES string of the molecule is CC(C1CCCCC1)C1CCCCC1. The summed E-state index contributed by atoms with van der Waals surface area (Å²) in [4.78, 5) is 0. The maximum absolute atomic E-state index is 2.55. The largest absolute Gasteiger partial charge is 0.0620 e. The van der Waals surface area contributed by atoms with E-state index in [1.54, 1.807) is 0 Å². The van der Waals surface area contributed by atoms with Crippen LogP contribution in [0, 0.1) is 17.8 Å². The monoisotopic (exact) mass is 194 g/mol.